The van der Waals surface area contributed by atoms with E-state index in [4.69, 9.17) is 4.52 Å². The summed E-state index contributed by atoms with van der Waals surface area (Å²) >= 11 is 3.34. The number of nitrogens with zero attached hydrogens (tertiary/aromatic N) is 4. The minimum atomic E-state index is -4.25. The van der Waals surface area contributed by atoms with Gasteiger partial charge in [0.2, 0.25) is 11.7 Å². The molecule has 0 atom stereocenters. The first-order valence-corrected chi connectivity index (χ1v) is 6.74. The van der Waals surface area contributed by atoms with E-state index in [1.165, 1.54) is 0 Å². The molecule has 21 heavy (non-hydrogen) atoms. The normalized spacial score (nSPS) is 12.2. The fraction of sp³-hybridized carbons (Fsp3) is 0.250. The van der Waals surface area contributed by atoms with Gasteiger partial charge >= 0.3 is 6.18 Å². The molecule has 3 heterocycles. The van der Waals surface area contributed by atoms with Crippen LogP contribution in [-0.4, -0.2) is 25.7 Å². The van der Waals surface area contributed by atoms with Crippen molar-refractivity contribution in [3.05, 3.63) is 34.9 Å². The van der Waals surface area contributed by atoms with Crippen molar-refractivity contribution in [3.63, 3.8) is 0 Å². The predicted molar refractivity (Wildman–Crippen MR) is 70.6 cm³/mol. The fourth-order valence-electron chi connectivity index (χ4n) is 1.83. The average Bonchev–Trinajstić information content (AvgIpc) is 3.00. The summed E-state index contributed by atoms with van der Waals surface area (Å²) in [4.78, 5) is 8.15. The number of pyridine rings is 1. The van der Waals surface area contributed by atoms with Gasteiger partial charge in [0.25, 0.3) is 0 Å². The van der Waals surface area contributed by atoms with Crippen LogP contribution in [0.1, 0.15) is 12.3 Å². The zero-order chi connectivity index (χ0) is 15.0. The van der Waals surface area contributed by atoms with E-state index in [0.717, 1.165) is 4.47 Å². The smallest absolute Gasteiger partial charge is 0.339 e. The van der Waals surface area contributed by atoms with Crippen molar-refractivity contribution in [3.8, 4) is 11.5 Å². The summed E-state index contributed by atoms with van der Waals surface area (Å²) < 4.78 is 43.9. The molecule has 0 fully saturated rings. The van der Waals surface area contributed by atoms with Crippen molar-refractivity contribution in [2.75, 3.05) is 0 Å². The Morgan fingerprint density at radius 3 is 2.86 bits per heavy atom. The van der Waals surface area contributed by atoms with Gasteiger partial charge in [-0.1, -0.05) is 5.16 Å². The van der Waals surface area contributed by atoms with E-state index in [-0.39, 0.29) is 18.1 Å². The molecule has 0 bridgehead atoms. The molecule has 0 amide bonds. The monoisotopic (exact) mass is 360 g/mol. The van der Waals surface area contributed by atoms with Crippen LogP contribution < -0.4 is 0 Å². The van der Waals surface area contributed by atoms with Crippen LogP contribution >= 0.6 is 15.9 Å². The highest BCUT2D eigenvalue weighted by Gasteiger charge is 2.28. The Labute approximate surface area is 124 Å². The molecule has 0 aliphatic heterocycles. The van der Waals surface area contributed by atoms with Crippen molar-refractivity contribution < 1.29 is 17.7 Å². The van der Waals surface area contributed by atoms with Gasteiger partial charge in [0.15, 0.2) is 0 Å². The maximum Gasteiger partial charge on any atom is 0.389 e. The van der Waals surface area contributed by atoms with E-state index in [1.54, 1.807) is 22.9 Å². The predicted octanol–water partition coefficient (Wildman–Crippen LogP) is 3.64. The lowest BCUT2D eigenvalue weighted by Crippen LogP contribution is -2.08. The van der Waals surface area contributed by atoms with Crippen LogP contribution in [0.5, 0.6) is 0 Å². The van der Waals surface area contributed by atoms with Crippen molar-refractivity contribution >= 4 is 21.6 Å². The molecule has 0 radical (unpaired) electrons. The van der Waals surface area contributed by atoms with Crippen LogP contribution in [0.4, 0.5) is 13.2 Å². The van der Waals surface area contributed by atoms with Gasteiger partial charge in [0.1, 0.15) is 11.3 Å². The van der Waals surface area contributed by atoms with Gasteiger partial charge < -0.3 is 4.52 Å². The van der Waals surface area contributed by atoms with Gasteiger partial charge in [-0.05, 0) is 28.1 Å². The van der Waals surface area contributed by atoms with Crippen LogP contribution in [0.25, 0.3) is 17.2 Å². The van der Waals surface area contributed by atoms with E-state index in [0.29, 0.717) is 11.3 Å². The first-order chi connectivity index (χ1) is 9.92. The number of imidazole rings is 1. The molecule has 3 rings (SSSR count). The van der Waals surface area contributed by atoms with Gasteiger partial charge in [0, 0.05) is 17.1 Å². The molecule has 0 aliphatic carbocycles. The molecule has 0 saturated carbocycles. The zero-order valence-corrected chi connectivity index (χ0v) is 12.0. The quantitative estimate of drug-likeness (QED) is 0.715. The molecule has 0 spiro atoms. The van der Waals surface area contributed by atoms with Gasteiger partial charge in [-0.3, -0.25) is 4.40 Å². The van der Waals surface area contributed by atoms with E-state index < -0.39 is 12.6 Å². The van der Waals surface area contributed by atoms with E-state index in [9.17, 15) is 13.2 Å². The minimum Gasteiger partial charge on any atom is -0.339 e. The van der Waals surface area contributed by atoms with Gasteiger partial charge in [-0.2, -0.15) is 18.2 Å². The van der Waals surface area contributed by atoms with Crippen LogP contribution in [0.15, 0.2) is 33.5 Å². The molecule has 110 valence electrons. The third kappa shape index (κ3) is 3.07. The van der Waals surface area contributed by atoms with E-state index in [1.807, 2.05) is 6.07 Å². The number of hydrogen-bond acceptors (Lipinski definition) is 4. The first kappa shape index (κ1) is 14.1. The maximum atomic E-state index is 12.2. The summed E-state index contributed by atoms with van der Waals surface area (Å²) in [5.74, 6) is 0.157. The number of aromatic nitrogens is 4. The van der Waals surface area contributed by atoms with Crippen LogP contribution in [0.2, 0.25) is 0 Å². The molecule has 9 heteroatoms. The summed E-state index contributed by atoms with van der Waals surface area (Å²) in [6.45, 7) is 0. The molecule has 5 nitrogen and oxygen atoms in total. The van der Waals surface area contributed by atoms with Crippen LogP contribution in [0, 0.1) is 0 Å². The molecule has 0 saturated heterocycles. The number of aryl methyl sites for hydroxylation is 1. The average molecular weight is 361 g/mol. The highest BCUT2D eigenvalue weighted by molar-refractivity contribution is 9.10. The number of halogens is 4. The Hall–Kier alpha value is -1.90. The third-order valence-corrected chi connectivity index (χ3v) is 3.26. The molecule has 0 aromatic carbocycles. The maximum absolute atomic E-state index is 12.2. The fourth-order valence-corrected chi connectivity index (χ4v) is 2.17. The third-order valence-electron chi connectivity index (χ3n) is 2.79. The summed E-state index contributed by atoms with van der Waals surface area (Å²) in [7, 11) is 0. The van der Waals surface area contributed by atoms with Crippen molar-refractivity contribution in [2.45, 2.75) is 19.0 Å². The highest BCUT2D eigenvalue weighted by Crippen LogP contribution is 2.24. The van der Waals surface area contributed by atoms with Gasteiger partial charge in [-0.15, -0.1) is 0 Å². The largest absolute Gasteiger partial charge is 0.389 e. The van der Waals surface area contributed by atoms with Crippen LogP contribution in [0.3, 0.4) is 0 Å². The first-order valence-electron chi connectivity index (χ1n) is 5.95. The second-order valence-electron chi connectivity index (χ2n) is 4.35. The van der Waals surface area contributed by atoms with E-state index in [2.05, 4.69) is 31.1 Å². The molecular formula is C12H8BrF3N4O. The molecule has 0 N–H and O–H groups in total. The summed E-state index contributed by atoms with van der Waals surface area (Å²) in [6, 6.07) is 3.62. The second kappa shape index (κ2) is 5.14. The van der Waals surface area contributed by atoms with Gasteiger partial charge in [0.05, 0.1) is 12.6 Å². The van der Waals surface area contributed by atoms with Crippen molar-refractivity contribution in [1.82, 2.24) is 19.5 Å². The topological polar surface area (TPSA) is 56.2 Å². The molecule has 0 unspecified atom stereocenters. The Bertz CT molecular complexity index is 780. The zero-order valence-electron chi connectivity index (χ0n) is 10.4. The molecule has 3 aromatic rings. The summed E-state index contributed by atoms with van der Waals surface area (Å²) in [5, 5.41) is 3.71. The lowest BCUT2D eigenvalue weighted by Gasteiger charge is -2.01. The Morgan fingerprint density at radius 1 is 1.29 bits per heavy atom. The number of hydrogen-bond donors (Lipinski definition) is 0. The Morgan fingerprint density at radius 2 is 2.10 bits per heavy atom. The standard InChI is InChI=1S/C12H8BrF3N4O/c13-7-1-2-9-17-5-8(20(9)6-7)11-18-10(21-19-11)3-4-12(14,15)16/h1-2,5-6H,3-4H2. The minimum absolute atomic E-state index is 0.0488. The van der Waals surface area contributed by atoms with Crippen molar-refractivity contribution in [1.29, 1.82) is 0 Å². The number of fused-ring (bicyclic) bond motifs is 1. The Kier molecular flexibility index (Phi) is 3.44. The van der Waals surface area contributed by atoms with E-state index >= 15 is 0 Å². The molecule has 0 aliphatic rings. The Balaban J connectivity index is 1.89. The number of alkyl halides is 3. The lowest BCUT2D eigenvalue weighted by atomic mass is 10.3. The van der Waals surface area contributed by atoms with Crippen molar-refractivity contribution in [2.24, 2.45) is 0 Å². The molecular weight excluding hydrogens is 353 g/mol. The van der Waals surface area contributed by atoms with Gasteiger partial charge in [-0.25, -0.2) is 4.98 Å². The summed E-state index contributed by atoms with van der Waals surface area (Å²) in [6.07, 6.45) is -2.27. The summed E-state index contributed by atoms with van der Waals surface area (Å²) in [5.41, 5.74) is 1.23. The lowest BCUT2D eigenvalue weighted by molar-refractivity contribution is -0.134. The second-order valence-corrected chi connectivity index (χ2v) is 5.26. The highest BCUT2D eigenvalue weighted by atomic mass is 79.9. The van der Waals surface area contributed by atoms with Crippen LogP contribution in [-0.2, 0) is 6.42 Å². The number of rotatable bonds is 3. The molecule has 3 aromatic heterocycles. The SMILES string of the molecule is FC(F)(F)CCc1nc(-c2cnc3ccc(Br)cn23)no1.